The summed E-state index contributed by atoms with van der Waals surface area (Å²) >= 11 is 0. The lowest BCUT2D eigenvalue weighted by Crippen LogP contribution is -2.33. The lowest BCUT2D eigenvalue weighted by atomic mass is 9.87. The van der Waals surface area contributed by atoms with Crippen molar-refractivity contribution in [2.75, 3.05) is 13.7 Å². The molecule has 0 aliphatic heterocycles. The van der Waals surface area contributed by atoms with Crippen molar-refractivity contribution in [3.8, 4) is 5.75 Å². The lowest BCUT2D eigenvalue weighted by molar-refractivity contribution is 0.141. The van der Waals surface area contributed by atoms with Crippen molar-refractivity contribution in [1.82, 2.24) is 5.32 Å². The van der Waals surface area contributed by atoms with Gasteiger partial charge in [0.2, 0.25) is 0 Å². The first-order valence-electron chi connectivity index (χ1n) is 7.68. The Kier molecular flexibility index (Phi) is 5.44. The van der Waals surface area contributed by atoms with Gasteiger partial charge in [-0.3, -0.25) is 0 Å². The van der Waals surface area contributed by atoms with E-state index in [1.165, 1.54) is 17.5 Å². The number of aliphatic hydroxyl groups excluding tert-OH is 1. The van der Waals surface area contributed by atoms with Crippen molar-refractivity contribution in [2.45, 2.75) is 51.7 Å². The van der Waals surface area contributed by atoms with Crippen molar-refractivity contribution in [1.29, 1.82) is 0 Å². The third-order valence-corrected chi connectivity index (χ3v) is 4.01. The molecule has 2 unspecified atom stereocenters. The number of aliphatic hydroxyl groups is 1. The molecule has 3 nitrogen and oxygen atoms in total. The maximum absolute atomic E-state index is 10.00. The highest BCUT2D eigenvalue weighted by Gasteiger charge is 2.21. The average molecular weight is 277 g/mol. The van der Waals surface area contributed by atoms with E-state index in [4.69, 9.17) is 4.74 Å². The summed E-state index contributed by atoms with van der Waals surface area (Å²) < 4.78 is 5.30. The van der Waals surface area contributed by atoms with Gasteiger partial charge in [-0.25, -0.2) is 0 Å². The highest BCUT2D eigenvalue weighted by Crippen LogP contribution is 2.32. The van der Waals surface area contributed by atoms with Crippen LogP contribution >= 0.6 is 0 Å². The van der Waals surface area contributed by atoms with E-state index < -0.39 is 0 Å². The van der Waals surface area contributed by atoms with Gasteiger partial charge in [0.15, 0.2) is 0 Å². The SMILES string of the molecule is COc1ccc2c(c1)CCCC2NCC(O)CC(C)C. The van der Waals surface area contributed by atoms with Crippen LogP contribution in [0, 0.1) is 5.92 Å². The number of methoxy groups -OCH3 is 1. The van der Waals surface area contributed by atoms with Gasteiger partial charge >= 0.3 is 0 Å². The molecule has 0 spiro atoms. The van der Waals surface area contributed by atoms with E-state index in [2.05, 4.69) is 31.3 Å². The Morgan fingerprint density at radius 2 is 2.20 bits per heavy atom. The van der Waals surface area contributed by atoms with E-state index in [-0.39, 0.29) is 6.10 Å². The average Bonchev–Trinajstić information content (AvgIpc) is 2.43. The minimum atomic E-state index is -0.251. The number of ether oxygens (including phenoxy) is 1. The van der Waals surface area contributed by atoms with Gasteiger partial charge < -0.3 is 15.2 Å². The first kappa shape index (κ1) is 15.3. The molecular weight excluding hydrogens is 250 g/mol. The Hall–Kier alpha value is -1.06. The van der Waals surface area contributed by atoms with Gasteiger partial charge in [0.25, 0.3) is 0 Å². The van der Waals surface area contributed by atoms with Crippen LogP contribution < -0.4 is 10.1 Å². The first-order valence-corrected chi connectivity index (χ1v) is 7.68. The zero-order valence-corrected chi connectivity index (χ0v) is 12.9. The monoisotopic (exact) mass is 277 g/mol. The minimum absolute atomic E-state index is 0.251. The van der Waals surface area contributed by atoms with E-state index in [0.29, 0.717) is 18.5 Å². The maximum Gasteiger partial charge on any atom is 0.119 e. The zero-order valence-electron chi connectivity index (χ0n) is 12.9. The summed E-state index contributed by atoms with van der Waals surface area (Å²) in [5.41, 5.74) is 2.75. The molecule has 2 rings (SSSR count). The number of nitrogens with one attached hydrogen (secondary N) is 1. The molecule has 0 amide bonds. The van der Waals surface area contributed by atoms with Crippen LogP contribution in [0.3, 0.4) is 0 Å². The highest BCUT2D eigenvalue weighted by atomic mass is 16.5. The van der Waals surface area contributed by atoms with Gasteiger partial charge in [-0.15, -0.1) is 0 Å². The fourth-order valence-corrected chi connectivity index (χ4v) is 3.04. The second-order valence-corrected chi connectivity index (χ2v) is 6.20. The Morgan fingerprint density at radius 1 is 1.40 bits per heavy atom. The van der Waals surface area contributed by atoms with Crippen molar-refractivity contribution >= 4 is 0 Å². The van der Waals surface area contributed by atoms with Gasteiger partial charge in [-0.2, -0.15) is 0 Å². The van der Waals surface area contributed by atoms with E-state index in [9.17, 15) is 5.11 Å². The fraction of sp³-hybridized carbons (Fsp3) is 0.647. The van der Waals surface area contributed by atoms with Crippen LogP contribution in [-0.2, 0) is 6.42 Å². The van der Waals surface area contributed by atoms with Gasteiger partial charge in [-0.05, 0) is 54.9 Å². The molecule has 20 heavy (non-hydrogen) atoms. The second-order valence-electron chi connectivity index (χ2n) is 6.20. The third kappa shape index (κ3) is 3.97. The van der Waals surface area contributed by atoms with Crippen LogP contribution in [0.5, 0.6) is 5.75 Å². The highest BCUT2D eigenvalue weighted by molar-refractivity contribution is 5.39. The van der Waals surface area contributed by atoms with Crippen LogP contribution in [0.2, 0.25) is 0 Å². The molecule has 2 atom stereocenters. The summed E-state index contributed by atoms with van der Waals surface area (Å²) in [6.07, 6.45) is 4.07. The molecule has 0 heterocycles. The van der Waals surface area contributed by atoms with E-state index >= 15 is 0 Å². The Labute approximate surface area is 122 Å². The summed E-state index contributed by atoms with van der Waals surface area (Å²) in [5, 5.41) is 13.5. The molecule has 0 aromatic heterocycles. The van der Waals surface area contributed by atoms with Gasteiger partial charge in [0, 0.05) is 12.6 Å². The summed E-state index contributed by atoms with van der Waals surface area (Å²) in [7, 11) is 1.71. The fourth-order valence-electron chi connectivity index (χ4n) is 3.04. The van der Waals surface area contributed by atoms with Gasteiger partial charge in [-0.1, -0.05) is 19.9 Å². The summed E-state index contributed by atoms with van der Waals surface area (Å²) in [5.74, 6) is 1.47. The first-order chi connectivity index (χ1) is 9.60. The van der Waals surface area contributed by atoms with Crippen LogP contribution in [0.25, 0.3) is 0 Å². The minimum Gasteiger partial charge on any atom is -0.497 e. The molecule has 3 heteroatoms. The van der Waals surface area contributed by atoms with Crippen LogP contribution in [0.4, 0.5) is 0 Å². The number of hydrogen-bond acceptors (Lipinski definition) is 3. The van der Waals surface area contributed by atoms with E-state index in [1.54, 1.807) is 7.11 Å². The molecular formula is C17H27NO2. The van der Waals surface area contributed by atoms with Crippen molar-refractivity contribution in [3.05, 3.63) is 29.3 Å². The summed E-state index contributed by atoms with van der Waals surface area (Å²) in [4.78, 5) is 0. The Morgan fingerprint density at radius 3 is 2.90 bits per heavy atom. The zero-order chi connectivity index (χ0) is 14.5. The molecule has 0 radical (unpaired) electrons. The van der Waals surface area contributed by atoms with Gasteiger partial charge in [0.1, 0.15) is 5.75 Å². The second kappa shape index (κ2) is 7.09. The Bertz CT molecular complexity index is 431. The summed E-state index contributed by atoms with van der Waals surface area (Å²) in [6.45, 7) is 4.96. The van der Waals surface area contributed by atoms with E-state index in [1.807, 2.05) is 6.07 Å². The van der Waals surface area contributed by atoms with Gasteiger partial charge in [0.05, 0.1) is 13.2 Å². The topological polar surface area (TPSA) is 41.5 Å². The summed E-state index contributed by atoms with van der Waals surface area (Å²) in [6, 6.07) is 6.71. The molecule has 2 N–H and O–H groups in total. The van der Waals surface area contributed by atoms with Crippen molar-refractivity contribution < 1.29 is 9.84 Å². The normalized spacial score (nSPS) is 19.8. The van der Waals surface area contributed by atoms with Crippen molar-refractivity contribution in [2.24, 2.45) is 5.92 Å². The molecule has 0 saturated carbocycles. The number of hydrogen-bond donors (Lipinski definition) is 2. The molecule has 1 aromatic carbocycles. The largest absolute Gasteiger partial charge is 0.497 e. The van der Waals surface area contributed by atoms with Crippen LogP contribution in [-0.4, -0.2) is 24.9 Å². The number of fused-ring (bicyclic) bond motifs is 1. The smallest absolute Gasteiger partial charge is 0.119 e. The molecule has 0 saturated heterocycles. The predicted octanol–water partition coefficient (Wildman–Crippen LogP) is 3.07. The number of benzene rings is 1. The molecule has 1 aliphatic rings. The molecule has 1 aliphatic carbocycles. The molecule has 0 bridgehead atoms. The van der Waals surface area contributed by atoms with Crippen LogP contribution in [0.15, 0.2) is 18.2 Å². The third-order valence-electron chi connectivity index (χ3n) is 4.01. The number of aryl methyl sites for hydroxylation is 1. The molecule has 1 aromatic rings. The standard InChI is InChI=1S/C17H27NO2/c1-12(2)9-14(19)11-18-17-6-4-5-13-10-15(20-3)7-8-16(13)17/h7-8,10,12,14,17-19H,4-6,9,11H2,1-3H3. The quantitative estimate of drug-likeness (QED) is 0.839. The molecule has 112 valence electrons. The predicted molar refractivity (Wildman–Crippen MR) is 82.1 cm³/mol. The maximum atomic E-state index is 10.00. The Balaban J connectivity index is 1.98. The number of rotatable bonds is 6. The van der Waals surface area contributed by atoms with Crippen molar-refractivity contribution in [3.63, 3.8) is 0 Å². The van der Waals surface area contributed by atoms with E-state index in [0.717, 1.165) is 25.0 Å². The molecule has 0 fully saturated rings. The van der Waals surface area contributed by atoms with Crippen LogP contribution in [0.1, 0.15) is 50.3 Å². The lowest BCUT2D eigenvalue weighted by Gasteiger charge is -2.28.